The molecule has 1 unspecified atom stereocenters. The third kappa shape index (κ3) is 2.52. The van der Waals surface area contributed by atoms with E-state index in [0.717, 1.165) is 16.8 Å². The molecule has 106 valence electrons. The van der Waals surface area contributed by atoms with Crippen LogP contribution in [0.5, 0.6) is 0 Å². The summed E-state index contributed by atoms with van der Waals surface area (Å²) in [6.45, 7) is 2.21. The minimum atomic E-state index is -2.85. The van der Waals surface area contributed by atoms with Gasteiger partial charge >= 0.3 is 0 Å². The van der Waals surface area contributed by atoms with Crippen molar-refractivity contribution in [2.75, 3.05) is 0 Å². The summed E-state index contributed by atoms with van der Waals surface area (Å²) in [5.41, 5.74) is 0. The molecule has 1 N–H and O–H groups in total. The molecule has 1 atom stereocenters. The Balaban J connectivity index is 2.21. The minimum absolute atomic E-state index is 0.382. The summed E-state index contributed by atoms with van der Waals surface area (Å²) in [7, 11) is -2.85. The number of hydrogen-bond acceptors (Lipinski definition) is 1. The van der Waals surface area contributed by atoms with Gasteiger partial charge in [0, 0.05) is 0 Å². The highest BCUT2D eigenvalue weighted by molar-refractivity contribution is 7.01. The third-order valence-corrected chi connectivity index (χ3v) is 8.07. The standard InChI is InChI=1S/C19H20OSi/c1-16-10-8-9-15-19(16)21(20,17-11-4-2-5-12-17)18-13-6-3-7-14-18/h2-9,11-16,20H,10H2,1H3. The fourth-order valence-electron chi connectivity index (χ4n) is 3.08. The number of allylic oxidation sites excluding steroid dienone is 4. The molecule has 0 amide bonds. The first-order valence-corrected chi connectivity index (χ1v) is 9.38. The van der Waals surface area contributed by atoms with Crippen molar-refractivity contribution in [3.63, 3.8) is 0 Å². The molecule has 0 aromatic heterocycles. The molecule has 2 heteroatoms. The molecule has 0 spiro atoms. The molecule has 0 fully saturated rings. The summed E-state index contributed by atoms with van der Waals surface area (Å²) in [6.07, 6.45) is 7.39. The van der Waals surface area contributed by atoms with E-state index in [-0.39, 0.29) is 0 Å². The van der Waals surface area contributed by atoms with E-state index in [0.29, 0.717) is 5.92 Å². The second kappa shape index (κ2) is 5.84. The molecule has 2 aromatic carbocycles. The van der Waals surface area contributed by atoms with Gasteiger partial charge in [0.15, 0.2) is 0 Å². The van der Waals surface area contributed by atoms with Crippen molar-refractivity contribution in [3.8, 4) is 0 Å². The van der Waals surface area contributed by atoms with Crippen molar-refractivity contribution >= 4 is 18.7 Å². The molecule has 2 aromatic rings. The highest BCUT2D eigenvalue weighted by Crippen LogP contribution is 2.27. The van der Waals surface area contributed by atoms with Crippen LogP contribution in [0.1, 0.15) is 13.3 Å². The Morgan fingerprint density at radius 2 is 1.43 bits per heavy atom. The molecule has 1 nitrogen and oxygen atoms in total. The first-order valence-electron chi connectivity index (χ1n) is 7.43. The second-order valence-electron chi connectivity index (χ2n) is 5.63. The fraction of sp³-hybridized carbons (Fsp3) is 0.158. The van der Waals surface area contributed by atoms with Crippen LogP contribution in [0.15, 0.2) is 84.1 Å². The molecular formula is C19H20OSi. The molecule has 1 aliphatic carbocycles. The smallest absolute Gasteiger partial charge is 0.281 e. The molecule has 0 heterocycles. The summed E-state index contributed by atoms with van der Waals surface area (Å²) in [6, 6.07) is 20.3. The third-order valence-electron chi connectivity index (χ3n) is 4.23. The molecule has 0 aliphatic heterocycles. The van der Waals surface area contributed by atoms with Crippen LogP contribution < -0.4 is 10.4 Å². The SMILES string of the molecule is CC1CC=CC=C1[Si](O)(c1ccccc1)c1ccccc1. The van der Waals surface area contributed by atoms with Crippen molar-refractivity contribution in [2.45, 2.75) is 13.3 Å². The summed E-state index contributed by atoms with van der Waals surface area (Å²) in [4.78, 5) is 11.8. The van der Waals surface area contributed by atoms with Gasteiger partial charge in [0.1, 0.15) is 0 Å². The van der Waals surface area contributed by atoms with Gasteiger partial charge in [-0.25, -0.2) is 0 Å². The predicted molar refractivity (Wildman–Crippen MR) is 91.1 cm³/mol. The molecule has 3 rings (SSSR count). The Hall–Kier alpha value is -1.90. The second-order valence-corrected chi connectivity index (χ2v) is 8.78. The topological polar surface area (TPSA) is 20.2 Å². The molecule has 0 saturated carbocycles. The zero-order valence-corrected chi connectivity index (χ0v) is 13.2. The summed E-state index contributed by atoms with van der Waals surface area (Å²) < 4.78 is 0. The van der Waals surface area contributed by atoms with Gasteiger partial charge in [-0.3, -0.25) is 0 Å². The predicted octanol–water partition coefficient (Wildman–Crippen LogP) is 2.80. The van der Waals surface area contributed by atoms with Gasteiger partial charge in [-0.05, 0) is 27.9 Å². The van der Waals surface area contributed by atoms with Gasteiger partial charge in [-0.1, -0.05) is 85.8 Å². The molecule has 1 aliphatic rings. The van der Waals surface area contributed by atoms with Crippen LogP contribution in [0.4, 0.5) is 0 Å². The van der Waals surface area contributed by atoms with Gasteiger partial charge in [0.25, 0.3) is 8.32 Å². The van der Waals surface area contributed by atoms with Crippen molar-refractivity contribution in [2.24, 2.45) is 5.92 Å². The highest BCUT2D eigenvalue weighted by atomic mass is 28.4. The molecule has 0 bridgehead atoms. The van der Waals surface area contributed by atoms with Crippen molar-refractivity contribution in [3.05, 3.63) is 84.1 Å². The quantitative estimate of drug-likeness (QED) is 0.863. The van der Waals surface area contributed by atoms with Gasteiger partial charge in [-0.15, -0.1) is 0 Å². The van der Waals surface area contributed by atoms with Crippen LogP contribution in [0.3, 0.4) is 0 Å². The fourth-order valence-corrected chi connectivity index (χ4v) is 6.60. The number of hydrogen-bond donors (Lipinski definition) is 1. The Kier molecular flexibility index (Phi) is 3.91. The van der Waals surface area contributed by atoms with Gasteiger partial charge < -0.3 is 4.80 Å². The van der Waals surface area contributed by atoms with Crippen molar-refractivity contribution in [1.82, 2.24) is 0 Å². The summed E-state index contributed by atoms with van der Waals surface area (Å²) in [5.74, 6) is 0.382. The lowest BCUT2D eigenvalue weighted by Crippen LogP contribution is -2.61. The van der Waals surface area contributed by atoms with Crippen molar-refractivity contribution < 1.29 is 4.80 Å². The van der Waals surface area contributed by atoms with Crippen LogP contribution >= 0.6 is 0 Å². The van der Waals surface area contributed by atoms with E-state index in [1.807, 2.05) is 36.4 Å². The zero-order valence-electron chi connectivity index (χ0n) is 12.2. The number of rotatable bonds is 3. The largest absolute Gasteiger partial charge is 0.421 e. The van der Waals surface area contributed by atoms with Crippen LogP contribution in [0, 0.1) is 5.92 Å². The molecule has 0 radical (unpaired) electrons. The maximum atomic E-state index is 11.8. The van der Waals surface area contributed by atoms with E-state index >= 15 is 0 Å². The van der Waals surface area contributed by atoms with E-state index in [4.69, 9.17) is 0 Å². The average molecular weight is 292 g/mol. The molecule has 0 saturated heterocycles. The lowest BCUT2D eigenvalue weighted by atomic mass is 10.0. The average Bonchev–Trinajstić information content (AvgIpc) is 2.56. The van der Waals surface area contributed by atoms with E-state index < -0.39 is 8.32 Å². The highest BCUT2D eigenvalue weighted by Gasteiger charge is 2.41. The normalized spacial score (nSPS) is 18.4. The minimum Gasteiger partial charge on any atom is -0.421 e. The lowest BCUT2D eigenvalue weighted by Gasteiger charge is -2.33. The monoisotopic (exact) mass is 292 g/mol. The first-order chi connectivity index (χ1) is 10.2. The lowest BCUT2D eigenvalue weighted by molar-refractivity contribution is 0.559. The van der Waals surface area contributed by atoms with Crippen molar-refractivity contribution in [1.29, 1.82) is 0 Å². The van der Waals surface area contributed by atoms with E-state index in [9.17, 15) is 4.80 Å². The molecule has 21 heavy (non-hydrogen) atoms. The Morgan fingerprint density at radius 1 is 0.905 bits per heavy atom. The van der Waals surface area contributed by atoms with Crippen LogP contribution in [0.2, 0.25) is 0 Å². The summed E-state index contributed by atoms with van der Waals surface area (Å²) in [5, 5.41) is 3.32. The van der Waals surface area contributed by atoms with Gasteiger partial charge in [0.2, 0.25) is 0 Å². The van der Waals surface area contributed by atoms with E-state index in [1.54, 1.807) is 0 Å². The maximum absolute atomic E-state index is 11.8. The Bertz CT molecular complexity index is 619. The molecular weight excluding hydrogens is 272 g/mol. The summed E-state index contributed by atoms with van der Waals surface area (Å²) >= 11 is 0. The first kappa shape index (κ1) is 14.1. The van der Waals surface area contributed by atoms with Gasteiger partial charge in [-0.2, -0.15) is 0 Å². The van der Waals surface area contributed by atoms with Crippen LogP contribution in [0.25, 0.3) is 0 Å². The van der Waals surface area contributed by atoms with E-state index in [1.165, 1.54) is 5.20 Å². The zero-order chi connectivity index (χ0) is 14.7. The van der Waals surface area contributed by atoms with E-state index in [2.05, 4.69) is 49.4 Å². The number of benzene rings is 2. The van der Waals surface area contributed by atoms with Gasteiger partial charge in [0.05, 0.1) is 0 Å². The van der Waals surface area contributed by atoms with Crippen LogP contribution in [-0.2, 0) is 0 Å². The maximum Gasteiger partial charge on any atom is 0.281 e. The Morgan fingerprint density at radius 3 is 1.90 bits per heavy atom. The Labute approximate surface area is 127 Å². The van der Waals surface area contributed by atoms with Crippen LogP contribution in [-0.4, -0.2) is 13.1 Å².